The van der Waals surface area contributed by atoms with Crippen molar-refractivity contribution >= 4 is 15.9 Å². The van der Waals surface area contributed by atoms with Crippen LogP contribution in [0.3, 0.4) is 0 Å². The molecule has 0 bridgehead atoms. The Kier molecular flexibility index (Phi) is 3.91. The summed E-state index contributed by atoms with van der Waals surface area (Å²) >= 11 is 3.42. The van der Waals surface area contributed by atoms with Crippen LogP contribution in [0, 0.1) is 6.92 Å². The van der Waals surface area contributed by atoms with E-state index in [9.17, 15) is 0 Å². The van der Waals surface area contributed by atoms with Gasteiger partial charge in [0.2, 0.25) is 11.8 Å². The molecule has 1 atom stereocenters. The van der Waals surface area contributed by atoms with Crippen LogP contribution in [0.4, 0.5) is 0 Å². The Balaban J connectivity index is 1.93. The predicted molar refractivity (Wildman–Crippen MR) is 68.4 cm³/mol. The number of nitrogens with zero attached hydrogens (tertiary/aromatic N) is 2. The lowest BCUT2D eigenvalue weighted by molar-refractivity contribution is 0.430. The topological polar surface area (TPSA) is 51.0 Å². The zero-order chi connectivity index (χ0) is 12.3. The summed E-state index contributed by atoms with van der Waals surface area (Å²) in [6, 6.07) is 8.48. The summed E-state index contributed by atoms with van der Waals surface area (Å²) < 4.78 is 6.38. The zero-order valence-corrected chi connectivity index (χ0v) is 11.4. The van der Waals surface area contributed by atoms with Gasteiger partial charge in [0.05, 0.1) is 6.54 Å². The summed E-state index contributed by atoms with van der Waals surface area (Å²) in [7, 11) is 0. The highest BCUT2D eigenvalue weighted by atomic mass is 79.9. The fraction of sp³-hybridized carbons (Fsp3) is 0.333. The van der Waals surface area contributed by atoms with Gasteiger partial charge in [0.25, 0.3) is 0 Å². The Bertz CT molecular complexity index is 481. The van der Waals surface area contributed by atoms with Gasteiger partial charge < -0.3 is 9.73 Å². The molecule has 17 heavy (non-hydrogen) atoms. The first-order valence-corrected chi connectivity index (χ1v) is 6.22. The van der Waals surface area contributed by atoms with E-state index in [2.05, 4.69) is 50.5 Å². The largest absolute Gasteiger partial charge is 0.424 e. The molecular weight excluding hydrogens is 282 g/mol. The van der Waals surface area contributed by atoms with Gasteiger partial charge in [-0.05, 0) is 24.6 Å². The summed E-state index contributed by atoms with van der Waals surface area (Å²) in [6.45, 7) is 4.47. The minimum absolute atomic E-state index is 0.246. The predicted octanol–water partition coefficient (Wildman–Crippen LogP) is 2.99. The first-order chi connectivity index (χ1) is 8.15. The number of halogens is 1. The van der Waals surface area contributed by atoms with Gasteiger partial charge in [0.1, 0.15) is 0 Å². The quantitative estimate of drug-likeness (QED) is 0.942. The number of hydrogen-bond donors (Lipinski definition) is 1. The van der Waals surface area contributed by atoms with Gasteiger partial charge in [0, 0.05) is 17.4 Å². The molecule has 1 unspecified atom stereocenters. The number of hydrogen-bond acceptors (Lipinski definition) is 4. The SMILES string of the molecule is Cc1nnc(CNC(C)c2ccc(Br)cc2)o1. The Morgan fingerprint density at radius 1 is 1.29 bits per heavy atom. The van der Waals surface area contributed by atoms with Crippen molar-refractivity contribution in [3.8, 4) is 0 Å². The average Bonchev–Trinajstić information content (AvgIpc) is 2.73. The van der Waals surface area contributed by atoms with E-state index in [0.717, 1.165) is 4.47 Å². The normalized spacial score (nSPS) is 12.6. The second kappa shape index (κ2) is 5.42. The molecule has 0 aliphatic heterocycles. The maximum absolute atomic E-state index is 5.30. The molecule has 4 nitrogen and oxygen atoms in total. The van der Waals surface area contributed by atoms with E-state index < -0.39 is 0 Å². The van der Waals surface area contributed by atoms with Gasteiger partial charge in [-0.1, -0.05) is 28.1 Å². The number of benzene rings is 1. The van der Waals surface area contributed by atoms with Crippen molar-refractivity contribution in [3.05, 3.63) is 46.1 Å². The molecule has 0 spiro atoms. The van der Waals surface area contributed by atoms with Crippen LogP contribution in [-0.4, -0.2) is 10.2 Å². The molecule has 0 amide bonds. The van der Waals surface area contributed by atoms with Crippen molar-refractivity contribution in [3.63, 3.8) is 0 Å². The van der Waals surface area contributed by atoms with Crippen molar-refractivity contribution < 1.29 is 4.42 Å². The molecular formula is C12H14BrN3O. The van der Waals surface area contributed by atoms with Crippen LogP contribution in [0.15, 0.2) is 33.2 Å². The van der Waals surface area contributed by atoms with Crippen molar-refractivity contribution in [2.24, 2.45) is 0 Å². The van der Waals surface area contributed by atoms with E-state index in [4.69, 9.17) is 4.42 Å². The molecule has 1 aromatic heterocycles. The van der Waals surface area contributed by atoms with Gasteiger partial charge in [-0.25, -0.2) is 0 Å². The standard InChI is InChI=1S/C12H14BrN3O/c1-8(10-3-5-11(13)6-4-10)14-7-12-16-15-9(2)17-12/h3-6,8,14H,7H2,1-2H3. The van der Waals surface area contributed by atoms with E-state index in [1.807, 2.05) is 12.1 Å². The van der Waals surface area contributed by atoms with Gasteiger partial charge >= 0.3 is 0 Å². The highest BCUT2D eigenvalue weighted by molar-refractivity contribution is 9.10. The monoisotopic (exact) mass is 295 g/mol. The molecule has 0 fully saturated rings. The molecule has 1 N–H and O–H groups in total. The highest BCUT2D eigenvalue weighted by Crippen LogP contribution is 2.16. The van der Waals surface area contributed by atoms with Crippen LogP contribution in [0.5, 0.6) is 0 Å². The number of rotatable bonds is 4. The van der Waals surface area contributed by atoms with Crippen LogP contribution in [0.1, 0.15) is 30.3 Å². The second-order valence-corrected chi connectivity index (χ2v) is 4.78. The maximum atomic E-state index is 5.30. The molecule has 0 radical (unpaired) electrons. The Morgan fingerprint density at radius 2 is 2.00 bits per heavy atom. The summed E-state index contributed by atoms with van der Waals surface area (Å²) in [5, 5.41) is 11.1. The first kappa shape index (κ1) is 12.3. The van der Waals surface area contributed by atoms with Crippen molar-refractivity contribution in [2.75, 3.05) is 0 Å². The fourth-order valence-corrected chi connectivity index (χ4v) is 1.78. The highest BCUT2D eigenvalue weighted by Gasteiger charge is 2.07. The second-order valence-electron chi connectivity index (χ2n) is 3.87. The summed E-state index contributed by atoms with van der Waals surface area (Å²) in [4.78, 5) is 0. The molecule has 0 saturated heterocycles. The van der Waals surface area contributed by atoms with Gasteiger partial charge in [-0.3, -0.25) is 0 Å². The Labute approximate surface area is 109 Å². The van der Waals surface area contributed by atoms with Crippen LogP contribution < -0.4 is 5.32 Å². The van der Waals surface area contributed by atoms with Gasteiger partial charge in [0.15, 0.2) is 0 Å². The van der Waals surface area contributed by atoms with E-state index in [1.165, 1.54) is 5.56 Å². The van der Waals surface area contributed by atoms with Crippen LogP contribution >= 0.6 is 15.9 Å². The third kappa shape index (κ3) is 3.38. The molecule has 0 aliphatic carbocycles. The maximum Gasteiger partial charge on any atom is 0.230 e. The molecule has 1 aromatic carbocycles. The molecule has 90 valence electrons. The van der Waals surface area contributed by atoms with E-state index in [1.54, 1.807) is 6.92 Å². The number of aromatic nitrogens is 2. The van der Waals surface area contributed by atoms with Crippen LogP contribution in [0.2, 0.25) is 0 Å². The molecule has 1 heterocycles. The van der Waals surface area contributed by atoms with Gasteiger partial charge in [-0.2, -0.15) is 0 Å². The van der Waals surface area contributed by atoms with Crippen molar-refractivity contribution in [1.29, 1.82) is 0 Å². The zero-order valence-electron chi connectivity index (χ0n) is 9.77. The molecule has 5 heteroatoms. The molecule has 0 saturated carbocycles. The summed E-state index contributed by atoms with van der Waals surface area (Å²) in [6.07, 6.45) is 0. The number of aryl methyl sites for hydroxylation is 1. The molecule has 0 aliphatic rings. The minimum atomic E-state index is 0.246. The molecule has 2 rings (SSSR count). The Morgan fingerprint density at radius 3 is 2.59 bits per heavy atom. The lowest BCUT2D eigenvalue weighted by Crippen LogP contribution is -2.18. The lowest BCUT2D eigenvalue weighted by atomic mass is 10.1. The van der Waals surface area contributed by atoms with E-state index in [-0.39, 0.29) is 6.04 Å². The van der Waals surface area contributed by atoms with Crippen LogP contribution in [0.25, 0.3) is 0 Å². The summed E-state index contributed by atoms with van der Waals surface area (Å²) in [5.74, 6) is 1.21. The average molecular weight is 296 g/mol. The molecule has 2 aromatic rings. The van der Waals surface area contributed by atoms with E-state index >= 15 is 0 Å². The third-order valence-electron chi connectivity index (χ3n) is 2.50. The van der Waals surface area contributed by atoms with Crippen LogP contribution in [-0.2, 0) is 6.54 Å². The van der Waals surface area contributed by atoms with E-state index in [0.29, 0.717) is 18.3 Å². The van der Waals surface area contributed by atoms with Gasteiger partial charge in [-0.15, -0.1) is 10.2 Å². The summed E-state index contributed by atoms with van der Waals surface area (Å²) in [5.41, 5.74) is 1.23. The minimum Gasteiger partial charge on any atom is -0.424 e. The third-order valence-corrected chi connectivity index (χ3v) is 3.03. The Hall–Kier alpha value is -1.20. The fourth-order valence-electron chi connectivity index (χ4n) is 1.52. The number of nitrogens with one attached hydrogen (secondary N) is 1. The smallest absolute Gasteiger partial charge is 0.230 e. The first-order valence-electron chi connectivity index (χ1n) is 5.43. The van der Waals surface area contributed by atoms with Crippen molar-refractivity contribution in [2.45, 2.75) is 26.4 Å². The van der Waals surface area contributed by atoms with Crippen molar-refractivity contribution in [1.82, 2.24) is 15.5 Å². The lowest BCUT2D eigenvalue weighted by Gasteiger charge is -2.12.